The number of carbonyl (C=O) groups is 1. The van der Waals surface area contributed by atoms with Crippen LogP contribution in [0, 0.1) is 24.8 Å². The Kier molecular flexibility index (Phi) is 13.3. The molecule has 0 unspecified atom stereocenters. The zero-order valence-electron chi connectivity index (χ0n) is 30.6. The second kappa shape index (κ2) is 16.1. The maximum Gasteiger partial charge on any atom is 0.157 e. The summed E-state index contributed by atoms with van der Waals surface area (Å²) < 4.78 is 6.66. The Morgan fingerprint density at radius 2 is 1.60 bits per heavy atom. The largest absolute Gasteiger partial charge is 0.685 e. The van der Waals surface area contributed by atoms with E-state index in [0.29, 0.717) is 5.92 Å². The zero-order chi connectivity index (χ0) is 33.8. The summed E-state index contributed by atoms with van der Waals surface area (Å²) in [6, 6.07) is 16.0. The van der Waals surface area contributed by atoms with Crippen LogP contribution in [0.5, 0.6) is 0 Å². The molecule has 0 N–H and O–H groups in total. The summed E-state index contributed by atoms with van der Waals surface area (Å²) in [5.74, 6) is 0.841. The Balaban J connectivity index is 0.000000278. The van der Waals surface area contributed by atoms with Gasteiger partial charge in [0.2, 0.25) is 0 Å². The van der Waals surface area contributed by atoms with Gasteiger partial charge in [-0.2, -0.15) is 5.70 Å². The molecule has 0 atom stereocenters. The summed E-state index contributed by atoms with van der Waals surface area (Å²) in [5.41, 5.74) is 9.13. The van der Waals surface area contributed by atoms with Crippen molar-refractivity contribution in [3.05, 3.63) is 82.4 Å². The Morgan fingerprint density at radius 1 is 0.957 bits per heavy atom. The average molecular weight is 813 g/mol. The van der Waals surface area contributed by atoms with Crippen molar-refractivity contribution in [2.24, 2.45) is 11.8 Å². The maximum absolute atomic E-state index is 12.2. The van der Waals surface area contributed by atoms with E-state index in [1.807, 2.05) is 36.5 Å². The van der Waals surface area contributed by atoms with Gasteiger partial charge in [-0.25, -0.2) is 0 Å². The number of ketones is 1. The van der Waals surface area contributed by atoms with E-state index in [9.17, 15) is 4.79 Å². The molecule has 0 bridgehead atoms. The summed E-state index contributed by atoms with van der Waals surface area (Å²) in [5, 5.41) is 7.04. The minimum atomic E-state index is 0. The van der Waals surface area contributed by atoms with Crippen LogP contribution in [0.15, 0.2) is 58.8 Å². The molecule has 0 amide bonds. The van der Waals surface area contributed by atoms with Crippen LogP contribution in [0.4, 0.5) is 0 Å². The molecule has 0 saturated heterocycles. The molecule has 4 nitrogen and oxygen atoms in total. The molecule has 2 heterocycles. The van der Waals surface area contributed by atoms with Gasteiger partial charge in [0, 0.05) is 54.2 Å². The molecular weight excluding hydrogens is 757 g/mol. The number of rotatable bonds is 10. The number of pyridine rings is 1. The third kappa shape index (κ3) is 8.28. The van der Waals surface area contributed by atoms with E-state index in [2.05, 4.69) is 105 Å². The van der Waals surface area contributed by atoms with Gasteiger partial charge in [0.05, 0.1) is 0 Å². The molecule has 1 radical (unpaired) electrons. The predicted molar refractivity (Wildman–Crippen MR) is 196 cm³/mol. The van der Waals surface area contributed by atoms with Crippen LogP contribution in [0.1, 0.15) is 124 Å². The average Bonchev–Trinajstić information content (AvgIpc) is 3.41. The Labute approximate surface area is 297 Å². The second-order valence-electron chi connectivity index (χ2n) is 14.7. The van der Waals surface area contributed by atoms with Crippen molar-refractivity contribution < 1.29 is 29.3 Å². The SMILES string of the molecule is CCC(CC)C(=O)/C=C(\[N-]C(C)C)C(CC)CC.Cc1cc2c(c3oc4c(-c5[c-]cccc5)nccc4c13)C(C)(C)CCC2(C)C.[Ir]. The number of carbonyl (C=O) groups excluding carboxylic acids is 1. The van der Waals surface area contributed by atoms with Crippen LogP contribution in [-0.2, 0) is 35.7 Å². The van der Waals surface area contributed by atoms with Gasteiger partial charge < -0.3 is 14.7 Å². The van der Waals surface area contributed by atoms with Gasteiger partial charge in [-0.3, -0.25) is 4.79 Å². The summed E-state index contributed by atoms with van der Waals surface area (Å²) in [6.07, 6.45) is 10.0. The Morgan fingerprint density at radius 3 is 2.17 bits per heavy atom. The Bertz CT molecular complexity index is 1670. The molecule has 2 aromatic carbocycles. The molecule has 257 valence electrons. The molecule has 1 aliphatic rings. The number of hydrogen-bond acceptors (Lipinski definition) is 3. The quantitative estimate of drug-likeness (QED) is 0.118. The van der Waals surface area contributed by atoms with Gasteiger partial charge in [-0.05, 0) is 72.6 Å². The van der Waals surface area contributed by atoms with Gasteiger partial charge in [0.1, 0.15) is 11.2 Å². The number of nitrogens with zero attached hydrogens (tertiary/aromatic N) is 2. The van der Waals surface area contributed by atoms with Crippen molar-refractivity contribution >= 4 is 27.7 Å². The first kappa shape index (κ1) is 38.7. The third-order valence-electron chi connectivity index (χ3n) is 10.1. The van der Waals surface area contributed by atoms with Crippen LogP contribution in [-0.4, -0.2) is 16.8 Å². The minimum absolute atomic E-state index is 0. The fourth-order valence-electron chi connectivity index (χ4n) is 7.12. The molecule has 2 aromatic heterocycles. The summed E-state index contributed by atoms with van der Waals surface area (Å²) in [6.45, 7) is 24.3. The van der Waals surface area contributed by atoms with Crippen LogP contribution in [0.2, 0.25) is 0 Å². The second-order valence-corrected chi connectivity index (χ2v) is 14.7. The standard InChI is InChI=1S/C26H26NO.C16H31NO.Ir/c1-16-15-19-21(26(4,5)13-12-25(19,2)3)24-20(16)18-11-14-27-22(23(18)28-24)17-9-7-6-8-10-17;1-7-13(8-2)15(17-12(5)6)11-16(18)14(9-3)10-4;/h6-9,11,14-15H,12-13H2,1-5H3;11-14H,7-10H2,1-6H3,(H,17,18);/q-1;;/p-1. The van der Waals surface area contributed by atoms with Gasteiger partial charge in [-0.15, -0.1) is 41.9 Å². The first-order chi connectivity index (χ1) is 21.8. The number of benzene rings is 2. The van der Waals surface area contributed by atoms with Gasteiger partial charge in [0.25, 0.3) is 0 Å². The molecule has 0 aliphatic heterocycles. The normalized spacial score (nSPS) is 15.4. The maximum atomic E-state index is 12.2. The number of aromatic nitrogens is 1. The fraction of sp³-hybridized carbons (Fsp3) is 0.524. The zero-order valence-corrected chi connectivity index (χ0v) is 33.0. The van der Waals surface area contributed by atoms with E-state index in [4.69, 9.17) is 4.42 Å². The van der Waals surface area contributed by atoms with Gasteiger partial charge in [-0.1, -0.05) is 88.1 Å². The van der Waals surface area contributed by atoms with Crippen LogP contribution >= 0.6 is 0 Å². The number of furan rings is 1. The first-order valence-electron chi connectivity index (χ1n) is 17.6. The van der Waals surface area contributed by atoms with Crippen molar-refractivity contribution in [3.63, 3.8) is 0 Å². The smallest absolute Gasteiger partial charge is 0.157 e. The van der Waals surface area contributed by atoms with Crippen molar-refractivity contribution in [3.8, 4) is 11.3 Å². The van der Waals surface area contributed by atoms with Crippen molar-refractivity contribution in [1.29, 1.82) is 0 Å². The van der Waals surface area contributed by atoms with Crippen molar-refractivity contribution in [1.82, 2.24) is 4.98 Å². The van der Waals surface area contributed by atoms with E-state index in [-0.39, 0.29) is 48.7 Å². The minimum Gasteiger partial charge on any atom is -0.685 e. The molecule has 0 fully saturated rings. The van der Waals surface area contributed by atoms with Crippen molar-refractivity contribution in [2.45, 2.75) is 132 Å². The van der Waals surface area contributed by atoms with Crippen LogP contribution < -0.4 is 0 Å². The molecule has 4 aromatic rings. The number of hydrogen-bond donors (Lipinski definition) is 0. The summed E-state index contributed by atoms with van der Waals surface area (Å²) >= 11 is 0. The molecule has 5 heteroatoms. The first-order valence-corrected chi connectivity index (χ1v) is 17.6. The number of allylic oxidation sites excluding steroid dienone is 2. The predicted octanol–water partition coefficient (Wildman–Crippen LogP) is 12.2. The van der Waals surface area contributed by atoms with E-state index in [0.717, 1.165) is 59.2 Å². The van der Waals surface area contributed by atoms with E-state index < -0.39 is 0 Å². The summed E-state index contributed by atoms with van der Waals surface area (Å²) in [4.78, 5) is 16.9. The Hall–Kier alpha value is -2.75. The molecule has 0 spiro atoms. The molecule has 1 aliphatic carbocycles. The molecule has 47 heavy (non-hydrogen) atoms. The van der Waals surface area contributed by atoms with E-state index in [1.54, 1.807) is 0 Å². The van der Waals surface area contributed by atoms with E-state index in [1.165, 1.54) is 34.9 Å². The van der Waals surface area contributed by atoms with Crippen LogP contribution in [0.3, 0.4) is 0 Å². The molecule has 0 saturated carbocycles. The van der Waals surface area contributed by atoms with Gasteiger partial charge >= 0.3 is 0 Å². The molecular formula is C42H56IrN2O2-2. The van der Waals surface area contributed by atoms with Crippen molar-refractivity contribution in [2.75, 3.05) is 0 Å². The topological polar surface area (TPSA) is 57.2 Å². The monoisotopic (exact) mass is 813 g/mol. The third-order valence-corrected chi connectivity index (χ3v) is 10.1. The van der Waals surface area contributed by atoms with Crippen LogP contribution in [0.25, 0.3) is 38.5 Å². The van der Waals surface area contributed by atoms with Gasteiger partial charge in [0.15, 0.2) is 5.78 Å². The molecule has 5 rings (SSSR count). The number of aryl methyl sites for hydroxylation is 1. The number of fused-ring (bicyclic) bond motifs is 5. The summed E-state index contributed by atoms with van der Waals surface area (Å²) in [7, 11) is 0. The van der Waals surface area contributed by atoms with E-state index >= 15 is 0 Å². The fourth-order valence-corrected chi connectivity index (χ4v) is 7.12.